The average Bonchev–Trinajstić information content (AvgIpc) is 3.00. The van der Waals surface area contributed by atoms with E-state index < -0.39 is 17.1 Å². The zero-order valence-corrected chi connectivity index (χ0v) is 25.8. The van der Waals surface area contributed by atoms with Gasteiger partial charge in [-0.1, -0.05) is 65.7 Å². The van der Waals surface area contributed by atoms with E-state index in [9.17, 15) is 14.4 Å². The van der Waals surface area contributed by atoms with Crippen molar-refractivity contribution in [2.45, 2.75) is 30.9 Å². The molecule has 3 N–H and O–H groups in total. The maximum absolute atomic E-state index is 13.4. The summed E-state index contributed by atoms with van der Waals surface area (Å²) >= 11 is 7.53. The van der Waals surface area contributed by atoms with Crippen molar-refractivity contribution < 1.29 is 19.1 Å². The Morgan fingerprint density at radius 1 is 0.884 bits per heavy atom. The molecule has 4 aromatic carbocycles. The van der Waals surface area contributed by atoms with Gasteiger partial charge in [0.2, 0.25) is 5.91 Å². The summed E-state index contributed by atoms with van der Waals surface area (Å²) in [6.07, 6.45) is 1.63. The fraction of sp³-hybridized carbons (Fsp3) is 0.147. The molecule has 4 rings (SSSR count). The van der Waals surface area contributed by atoms with Gasteiger partial charge in [0.05, 0.1) is 18.0 Å². The van der Waals surface area contributed by atoms with E-state index in [1.165, 1.54) is 18.9 Å². The van der Waals surface area contributed by atoms with Crippen LogP contribution in [0.1, 0.15) is 34.0 Å². The predicted molar refractivity (Wildman–Crippen MR) is 175 cm³/mol. The van der Waals surface area contributed by atoms with Crippen molar-refractivity contribution in [3.05, 3.63) is 124 Å². The molecule has 1 unspecified atom stereocenters. The molecule has 1 atom stereocenters. The van der Waals surface area contributed by atoms with Gasteiger partial charge in [-0.15, -0.1) is 11.8 Å². The lowest BCUT2D eigenvalue weighted by molar-refractivity contribution is -0.115. The van der Waals surface area contributed by atoms with Crippen molar-refractivity contribution in [2.24, 2.45) is 0 Å². The van der Waals surface area contributed by atoms with Crippen LogP contribution in [0, 0.1) is 13.8 Å². The summed E-state index contributed by atoms with van der Waals surface area (Å²) in [6, 6.07) is 26.9. The first-order valence-electron chi connectivity index (χ1n) is 13.5. The Morgan fingerprint density at radius 2 is 1.60 bits per heavy atom. The molecule has 3 amide bonds. The van der Waals surface area contributed by atoms with Crippen LogP contribution in [0.2, 0.25) is 5.02 Å². The van der Waals surface area contributed by atoms with E-state index in [0.29, 0.717) is 27.7 Å². The molecule has 9 heteroatoms. The molecule has 0 saturated heterocycles. The van der Waals surface area contributed by atoms with E-state index in [4.69, 9.17) is 16.3 Å². The number of rotatable bonds is 10. The number of methoxy groups -OCH3 is 1. The van der Waals surface area contributed by atoms with E-state index in [0.717, 1.165) is 21.6 Å². The molecule has 0 bridgehead atoms. The third-order valence-electron chi connectivity index (χ3n) is 6.43. The first-order valence-corrected chi connectivity index (χ1v) is 14.8. The molecule has 7 nitrogen and oxygen atoms in total. The Morgan fingerprint density at radius 3 is 2.30 bits per heavy atom. The highest BCUT2D eigenvalue weighted by molar-refractivity contribution is 8.00. The van der Waals surface area contributed by atoms with Gasteiger partial charge in [0.1, 0.15) is 11.4 Å². The van der Waals surface area contributed by atoms with E-state index in [-0.39, 0.29) is 11.6 Å². The Balaban J connectivity index is 1.48. The molecule has 0 aliphatic heterocycles. The summed E-state index contributed by atoms with van der Waals surface area (Å²) in [5.41, 5.74) is 4.24. The molecule has 220 valence electrons. The standard InChI is InChI=1S/C34H32ClN3O4S/c1-21-13-15-24(16-14-21)18-30(38-33(40)25-9-6-5-7-10-25)34(41)36-26-11-8-12-27(19-26)43-23(3)32(39)37-29-17-22(2)28(35)20-31(29)42-4/h5-20,23H,1-4H3,(H,36,41)(H,37,39)(H,38,40)/b30-18-. The number of thioether (sulfide) groups is 1. The van der Waals surface area contributed by atoms with Crippen LogP contribution in [0.4, 0.5) is 11.4 Å². The highest BCUT2D eigenvalue weighted by Crippen LogP contribution is 2.32. The maximum Gasteiger partial charge on any atom is 0.272 e. The van der Waals surface area contributed by atoms with Gasteiger partial charge < -0.3 is 20.7 Å². The quantitative estimate of drug-likeness (QED) is 0.127. The number of hydrogen-bond donors (Lipinski definition) is 3. The number of carbonyl (C=O) groups is 3. The van der Waals surface area contributed by atoms with Crippen molar-refractivity contribution in [3.8, 4) is 5.75 Å². The van der Waals surface area contributed by atoms with E-state index >= 15 is 0 Å². The molecule has 0 aromatic heterocycles. The topological polar surface area (TPSA) is 96.5 Å². The highest BCUT2D eigenvalue weighted by Gasteiger charge is 2.19. The number of nitrogens with one attached hydrogen (secondary N) is 3. The van der Waals surface area contributed by atoms with Gasteiger partial charge in [-0.25, -0.2) is 0 Å². The number of halogens is 1. The second-order valence-corrected chi connectivity index (χ2v) is 11.6. The average molecular weight is 614 g/mol. The number of aryl methyl sites for hydroxylation is 2. The molecule has 0 spiro atoms. The molecule has 0 aliphatic carbocycles. The third kappa shape index (κ3) is 8.73. The first kappa shape index (κ1) is 31.4. The second kappa shape index (κ2) is 14.6. The van der Waals surface area contributed by atoms with E-state index in [2.05, 4.69) is 16.0 Å². The lowest BCUT2D eigenvalue weighted by atomic mass is 10.1. The molecule has 0 saturated carbocycles. The highest BCUT2D eigenvalue weighted by atomic mass is 35.5. The van der Waals surface area contributed by atoms with Gasteiger partial charge in [0, 0.05) is 27.2 Å². The largest absolute Gasteiger partial charge is 0.495 e. The van der Waals surface area contributed by atoms with Crippen molar-refractivity contribution >= 4 is 58.5 Å². The monoisotopic (exact) mass is 613 g/mol. The Bertz CT molecular complexity index is 1660. The minimum atomic E-state index is -0.483. The SMILES string of the molecule is COc1cc(Cl)c(C)cc1NC(=O)C(C)Sc1cccc(NC(=O)/C(=C/c2ccc(C)cc2)NC(=O)c2ccccc2)c1. The Kier molecular flexibility index (Phi) is 10.6. The molecule has 0 fully saturated rings. The number of amides is 3. The summed E-state index contributed by atoms with van der Waals surface area (Å²) < 4.78 is 5.37. The van der Waals surface area contributed by atoms with Gasteiger partial charge in [-0.3, -0.25) is 14.4 Å². The lowest BCUT2D eigenvalue weighted by Crippen LogP contribution is -2.30. The summed E-state index contributed by atoms with van der Waals surface area (Å²) in [4.78, 5) is 40.1. The van der Waals surface area contributed by atoms with E-state index in [1.54, 1.807) is 67.6 Å². The Hall–Kier alpha value is -4.53. The van der Waals surface area contributed by atoms with E-state index in [1.807, 2.05) is 50.2 Å². The molecule has 0 radical (unpaired) electrons. The van der Waals surface area contributed by atoms with Crippen molar-refractivity contribution in [1.29, 1.82) is 0 Å². The van der Waals surface area contributed by atoms with Crippen LogP contribution in [-0.2, 0) is 9.59 Å². The smallest absolute Gasteiger partial charge is 0.272 e. The molecule has 0 heterocycles. The summed E-state index contributed by atoms with van der Waals surface area (Å²) in [5.74, 6) is -0.625. The fourth-order valence-electron chi connectivity index (χ4n) is 4.04. The van der Waals surface area contributed by atoms with Crippen LogP contribution in [-0.4, -0.2) is 30.1 Å². The zero-order chi connectivity index (χ0) is 30.9. The van der Waals surface area contributed by atoms with Crippen molar-refractivity contribution in [1.82, 2.24) is 5.32 Å². The number of anilines is 2. The molecule has 43 heavy (non-hydrogen) atoms. The predicted octanol–water partition coefficient (Wildman–Crippen LogP) is 7.49. The fourth-order valence-corrected chi connectivity index (χ4v) is 5.12. The lowest BCUT2D eigenvalue weighted by Gasteiger charge is -2.16. The van der Waals surface area contributed by atoms with Crippen LogP contribution < -0.4 is 20.7 Å². The van der Waals surface area contributed by atoms with Gasteiger partial charge in [0.25, 0.3) is 11.8 Å². The van der Waals surface area contributed by atoms with Crippen molar-refractivity contribution in [2.75, 3.05) is 17.7 Å². The third-order valence-corrected chi connectivity index (χ3v) is 7.93. The normalized spacial score (nSPS) is 11.8. The number of carbonyl (C=O) groups excluding carboxylic acids is 3. The molecule has 0 aliphatic rings. The van der Waals surface area contributed by atoms with Crippen LogP contribution in [0.3, 0.4) is 0 Å². The minimum absolute atomic E-state index is 0.0933. The first-order chi connectivity index (χ1) is 20.6. The number of benzene rings is 4. The Labute approximate surface area is 260 Å². The van der Waals surface area contributed by atoms with Gasteiger partial charge in [-0.2, -0.15) is 0 Å². The molecular formula is C34H32ClN3O4S. The van der Waals surface area contributed by atoms with Crippen LogP contribution in [0.5, 0.6) is 5.75 Å². The second-order valence-electron chi connectivity index (χ2n) is 9.82. The van der Waals surface area contributed by atoms with Gasteiger partial charge in [0.15, 0.2) is 0 Å². The molecular weight excluding hydrogens is 582 g/mol. The van der Waals surface area contributed by atoms with Crippen molar-refractivity contribution in [3.63, 3.8) is 0 Å². The maximum atomic E-state index is 13.4. The molecule has 4 aromatic rings. The minimum Gasteiger partial charge on any atom is -0.495 e. The zero-order valence-electron chi connectivity index (χ0n) is 24.2. The van der Waals surface area contributed by atoms with Crippen LogP contribution in [0.25, 0.3) is 6.08 Å². The van der Waals surface area contributed by atoms with Crippen LogP contribution in [0.15, 0.2) is 102 Å². The summed E-state index contributed by atoms with van der Waals surface area (Å²) in [6.45, 7) is 5.62. The summed E-state index contributed by atoms with van der Waals surface area (Å²) in [7, 11) is 1.52. The summed E-state index contributed by atoms with van der Waals surface area (Å²) in [5, 5.41) is 8.62. The number of hydrogen-bond acceptors (Lipinski definition) is 5. The van der Waals surface area contributed by atoms with Crippen LogP contribution >= 0.6 is 23.4 Å². The van der Waals surface area contributed by atoms with Gasteiger partial charge in [-0.05, 0) is 74.4 Å². The number of ether oxygens (including phenoxy) is 1. The van der Waals surface area contributed by atoms with Gasteiger partial charge >= 0.3 is 0 Å².